The molecular formula is C17H15BrClNO. The standard InChI is InChI=1S/C17H15BrClNO/c18-14-6-1-5-13(10-14)17(21)20-9-3-8-16(20)12-4-2-7-15(19)11-12/h1-2,4-7,10-11,16H,3,8-9H2. The molecule has 1 unspecified atom stereocenters. The molecule has 0 aliphatic carbocycles. The van der Waals surface area contributed by atoms with Crippen LogP contribution in [0.5, 0.6) is 0 Å². The van der Waals surface area contributed by atoms with Crippen LogP contribution < -0.4 is 0 Å². The van der Waals surface area contributed by atoms with Crippen LogP contribution in [-0.4, -0.2) is 17.4 Å². The molecule has 21 heavy (non-hydrogen) atoms. The number of likely N-dealkylation sites (tertiary alicyclic amines) is 1. The molecule has 1 amide bonds. The molecule has 1 saturated heterocycles. The van der Waals surface area contributed by atoms with Gasteiger partial charge >= 0.3 is 0 Å². The third-order valence-electron chi connectivity index (χ3n) is 3.82. The fourth-order valence-electron chi connectivity index (χ4n) is 2.86. The van der Waals surface area contributed by atoms with Gasteiger partial charge in [0.15, 0.2) is 0 Å². The molecule has 2 nitrogen and oxygen atoms in total. The summed E-state index contributed by atoms with van der Waals surface area (Å²) in [6, 6.07) is 15.5. The summed E-state index contributed by atoms with van der Waals surface area (Å²) in [5, 5.41) is 0.717. The first kappa shape index (κ1) is 14.6. The monoisotopic (exact) mass is 363 g/mol. The second kappa shape index (κ2) is 6.20. The van der Waals surface area contributed by atoms with Gasteiger partial charge in [-0.25, -0.2) is 0 Å². The first-order valence-corrected chi connectivity index (χ1v) is 8.14. The van der Waals surface area contributed by atoms with E-state index in [1.807, 2.05) is 53.4 Å². The van der Waals surface area contributed by atoms with Crippen molar-refractivity contribution in [1.82, 2.24) is 4.90 Å². The maximum Gasteiger partial charge on any atom is 0.254 e. The lowest BCUT2D eigenvalue weighted by molar-refractivity contribution is 0.0735. The summed E-state index contributed by atoms with van der Waals surface area (Å²) in [6.07, 6.45) is 2.01. The van der Waals surface area contributed by atoms with Crippen molar-refractivity contribution in [3.63, 3.8) is 0 Å². The predicted molar refractivity (Wildman–Crippen MR) is 88.6 cm³/mol. The van der Waals surface area contributed by atoms with Gasteiger partial charge in [-0.15, -0.1) is 0 Å². The molecule has 0 N–H and O–H groups in total. The van der Waals surface area contributed by atoms with Crippen LogP contribution in [0.15, 0.2) is 53.0 Å². The van der Waals surface area contributed by atoms with Gasteiger partial charge in [0.2, 0.25) is 0 Å². The summed E-state index contributed by atoms with van der Waals surface area (Å²) in [7, 11) is 0. The zero-order valence-corrected chi connectivity index (χ0v) is 13.8. The lowest BCUT2D eigenvalue weighted by Gasteiger charge is -2.25. The van der Waals surface area contributed by atoms with Crippen molar-refractivity contribution in [2.75, 3.05) is 6.54 Å². The first-order chi connectivity index (χ1) is 10.1. The predicted octanol–water partition coefficient (Wildman–Crippen LogP) is 5.08. The van der Waals surface area contributed by atoms with Crippen molar-refractivity contribution in [1.29, 1.82) is 0 Å². The summed E-state index contributed by atoms with van der Waals surface area (Å²) in [4.78, 5) is 14.7. The van der Waals surface area contributed by atoms with Crippen LogP contribution in [0, 0.1) is 0 Å². The van der Waals surface area contributed by atoms with E-state index in [4.69, 9.17) is 11.6 Å². The molecule has 0 aromatic heterocycles. The molecule has 1 heterocycles. The van der Waals surface area contributed by atoms with Crippen LogP contribution in [0.1, 0.15) is 34.8 Å². The molecule has 0 radical (unpaired) electrons. The van der Waals surface area contributed by atoms with Gasteiger partial charge in [0.25, 0.3) is 5.91 Å². The normalized spacial score (nSPS) is 18.0. The average molecular weight is 365 g/mol. The molecule has 0 spiro atoms. The highest BCUT2D eigenvalue weighted by Gasteiger charge is 2.30. The van der Waals surface area contributed by atoms with E-state index in [1.165, 1.54) is 0 Å². The Morgan fingerprint density at radius 1 is 1.19 bits per heavy atom. The van der Waals surface area contributed by atoms with E-state index in [2.05, 4.69) is 15.9 Å². The van der Waals surface area contributed by atoms with Gasteiger partial charge in [-0.2, -0.15) is 0 Å². The molecular weight excluding hydrogens is 350 g/mol. The van der Waals surface area contributed by atoms with Gasteiger partial charge in [-0.05, 0) is 48.7 Å². The first-order valence-electron chi connectivity index (χ1n) is 6.97. The molecule has 0 saturated carbocycles. The lowest BCUT2D eigenvalue weighted by Crippen LogP contribution is -2.30. The molecule has 2 aromatic rings. The van der Waals surface area contributed by atoms with Crippen molar-refractivity contribution < 1.29 is 4.79 Å². The second-order valence-electron chi connectivity index (χ2n) is 5.22. The van der Waals surface area contributed by atoms with Crippen LogP contribution in [0.2, 0.25) is 5.02 Å². The molecule has 0 bridgehead atoms. The zero-order valence-electron chi connectivity index (χ0n) is 11.4. The third-order valence-corrected chi connectivity index (χ3v) is 4.55. The van der Waals surface area contributed by atoms with Gasteiger partial charge in [-0.1, -0.05) is 45.7 Å². The molecule has 108 valence electrons. The number of amides is 1. The molecule has 2 aromatic carbocycles. The molecule has 4 heteroatoms. The van der Waals surface area contributed by atoms with Crippen molar-refractivity contribution in [2.45, 2.75) is 18.9 Å². The third kappa shape index (κ3) is 3.14. The minimum absolute atomic E-state index is 0.0822. The van der Waals surface area contributed by atoms with Gasteiger partial charge in [0, 0.05) is 21.6 Å². The van der Waals surface area contributed by atoms with E-state index in [0.29, 0.717) is 5.02 Å². The Morgan fingerprint density at radius 2 is 2.00 bits per heavy atom. The number of nitrogens with zero attached hydrogens (tertiary/aromatic N) is 1. The Hall–Kier alpha value is -1.32. The summed E-state index contributed by atoms with van der Waals surface area (Å²) in [5.41, 5.74) is 1.83. The second-order valence-corrected chi connectivity index (χ2v) is 6.57. The van der Waals surface area contributed by atoms with Gasteiger partial charge in [0.05, 0.1) is 6.04 Å². The van der Waals surface area contributed by atoms with Crippen LogP contribution in [0.3, 0.4) is 0 Å². The van der Waals surface area contributed by atoms with Crippen molar-refractivity contribution in [2.24, 2.45) is 0 Å². The number of halogens is 2. The van der Waals surface area contributed by atoms with Crippen molar-refractivity contribution in [3.8, 4) is 0 Å². The molecule has 1 fully saturated rings. The van der Waals surface area contributed by atoms with E-state index in [-0.39, 0.29) is 11.9 Å². The van der Waals surface area contributed by atoms with Gasteiger partial charge in [-0.3, -0.25) is 4.79 Å². The molecule has 1 aliphatic rings. The minimum atomic E-state index is 0.0822. The Kier molecular flexibility index (Phi) is 4.32. The van der Waals surface area contributed by atoms with Crippen LogP contribution >= 0.6 is 27.5 Å². The SMILES string of the molecule is O=C(c1cccc(Br)c1)N1CCCC1c1cccc(Cl)c1. The summed E-state index contributed by atoms with van der Waals surface area (Å²) >= 11 is 9.50. The van der Waals surface area contributed by atoms with Crippen LogP contribution in [0.4, 0.5) is 0 Å². The van der Waals surface area contributed by atoms with Crippen LogP contribution in [-0.2, 0) is 0 Å². The number of benzene rings is 2. The summed E-state index contributed by atoms with van der Waals surface area (Å²) in [6.45, 7) is 0.794. The van der Waals surface area contributed by atoms with Crippen LogP contribution in [0.25, 0.3) is 0 Å². The summed E-state index contributed by atoms with van der Waals surface area (Å²) < 4.78 is 0.923. The van der Waals surface area contributed by atoms with Crippen molar-refractivity contribution in [3.05, 3.63) is 69.2 Å². The quantitative estimate of drug-likeness (QED) is 0.727. The van der Waals surface area contributed by atoms with E-state index >= 15 is 0 Å². The Morgan fingerprint density at radius 3 is 2.76 bits per heavy atom. The number of carbonyl (C=O) groups is 1. The summed E-state index contributed by atoms with van der Waals surface area (Å²) in [5.74, 6) is 0.0822. The van der Waals surface area contributed by atoms with Gasteiger partial charge < -0.3 is 4.90 Å². The maximum absolute atomic E-state index is 12.7. The Bertz CT molecular complexity index is 673. The fraction of sp³-hybridized carbons (Fsp3) is 0.235. The maximum atomic E-state index is 12.7. The smallest absolute Gasteiger partial charge is 0.254 e. The van der Waals surface area contributed by atoms with Crippen molar-refractivity contribution >= 4 is 33.4 Å². The lowest BCUT2D eigenvalue weighted by atomic mass is 10.0. The highest BCUT2D eigenvalue weighted by Crippen LogP contribution is 2.34. The highest BCUT2D eigenvalue weighted by atomic mass is 79.9. The largest absolute Gasteiger partial charge is 0.332 e. The number of rotatable bonds is 2. The average Bonchev–Trinajstić information content (AvgIpc) is 2.96. The highest BCUT2D eigenvalue weighted by molar-refractivity contribution is 9.10. The van der Waals surface area contributed by atoms with E-state index in [1.54, 1.807) is 0 Å². The molecule has 1 aliphatic heterocycles. The molecule has 3 rings (SSSR count). The Balaban J connectivity index is 1.89. The number of hydrogen-bond acceptors (Lipinski definition) is 1. The number of hydrogen-bond donors (Lipinski definition) is 0. The Labute approximate surface area is 137 Å². The molecule has 1 atom stereocenters. The van der Waals surface area contributed by atoms with Gasteiger partial charge in [0.1, 0.15) is 0 Å². The number of carbonyl (C=O) groups excluding carboxylic acids is 1. The zero-order chi connectivity index (χ0) is 14.8. The fourth-order valence-corrected chi connectivity index (χ4v) is 3.46. The van der Waals surface area contributed by atoms with E-state index in [9.17, 15) is 4.79 Å². The minimum Gasteiger partial charge on any atom is -0.332 e. The van der Waals surface area contributed by atoms with E-state index in [0.717, 1.165) is 35.0 Å². The van der Waals surface area contributed by atoms with E-state index < -0.39 is 0 Å². The topological polar surface area (TPSA) is 20.3 Å².